The van der Waals surface area contributed by atoms with Crippen LogP contribution in [0.5, 0.6) is 0 Å². The molecule has 152 valence electrons. The molecule has 3 aromatic heterocycles. The molecule has 30 heavy (non-hydrogen) atoms. The molecule has 0 aliphatic carbocycles. The Bertz CT molecular complexity index is 1050. The minimum absolute atomic E-state index is 0.361. The largest absolute Gasteiger partial charge is 0.367 e. The number of piperidine rings is 1. The van der Waals surface area contributed by atoms with E-state index in [4.69, 9.17) is 10.2 Å². The summed E-state index contributed by atoms with van der Waals surface area (Å²) in [5, 5.41) is 16.8. The molecule has 0 radical (unpaired) electrons. The van der Waals surface area contributed by atoms with Crippen molar-refractivity contribution in [2.24, 2.45) is 0 Å². The lowest BCUT2D eigenvalue weighted by Gasteiger charge is -2.39. The number of anilines is 3. The highest BCUT2D eigenvalue weighted by Gasteiger charge is 2.40. The summed E-state index contributed by atoms with van der Waals surface area (Å²) in [4.78, 5) is 20.4. The Morgan fingerprint density at radius 1 is 1.07 bits per heavy atom. The van der Waals surface area contributed by atoms with E-state index in [9.17, 15) is 0 Å². The van der Waals surface area contributed by atoms with Gasteiger partial charge in [-0.15, -0.1) is 0 Å². The fourth-order valence-corrected chi connectivity index (χ4v) is 4.86. The maximum absolute atomic E-state index is 8.95. The first-order chi connectivity index (χ1) is 14.8. The van der Waals surface area contributed by atoms with Gasteiger partial charge in [0.1, 0.15) is 11.6 Å². The fraction of sp³-hybridized carbons (Fsp3) is 0.409. The summed E-state index contributed by atoms with van der Waals surface area (Å²) >= 11 is 0. The van der Waals surface area contributed by atoms with Gasteiger partial charge >= 0.3 is 0 Å². The second kappa shape index (κ2) is 8.20. The van der Waals surface area contributed by atoms with Crippen LogP contribution in [0.25, 0.3) is 10.9 Å². The first kappa shape index (κ1) is 18.7. The van der Waals surface area contributed by atoms with Crippen molar-refractivity contribution in [3.63, 3.8) is 0 Å². The third-order valence-corrected chi connectivity index (χ3v) is 6.11. The van der Waals surface area contributed by atoms with Crippen LogP contribution in [-0.2, 0) is 0 Å². The SMILES string of the molecule is N#CCCN1C2CCC1CC(Nc1nc(Nc3ncccn3)cc3ncccc13)C2. The van der Waals surface area contributed by atoms with Gasteiger partial charge in [-0.1, -0.05) is 0 Å². The van der Waals surface area contributed by atoms with Gasteiger partial charge < -0.3 is 10.6 Å². The van der Waals surface area contributed by atoms with Crippen molar-refractivity contribution in [1.29, 1.82) is 5.26 Å². The van der Waals surface area contributed by atoms with Crippen molar-refractivity contribution >= 4 is 28.5 Å². The van der Waals surface area contributed by atoms with Crippen molar-refractivity contribution in [2.75, 3.05) is 17.2 Å². The molecule has 0 spiro atoms. The smallest absolute Gasteiger partial charge is 0.228 e. The van der Waals surface area contributed by atoms with Crippen molar-refractivity contribution in [3.05, 3.63) is 42.9 Å². The second-order valence-corrected chi connectivity index (χ2v) is 7.97. The number of nitrogens with one attached hydrogen (secondary N) is 2. The predicted octanol–water partition coefficient (Wildman–Crippen LogP) is 3.48. The summed E-state index contributed by atoms with van der Waals surface area (Å²) in [7, 11) is 0. The minimum Gasteiger partial charge on any atom is -0.367 e. The van der Waals surface area contributed by atoms with Gasteiger partial charge in [-0.05, 0) is 43.9 Å². The molecule has 2 bridgehead atoms. The quantitative estimate of drug-likeness (QED) is 0.648. The van der Waals surface area contributed by atoms with Crippen LogP contribution in [-0.4, -0.2) is 49.5 Å². The van der Waals surface area contributed by atoms with Crippen LogP contribution in [0.15, 0.2) is 42.9 Å². The zero-order valence-electron chi connectivity index (χ0n) is 16.7. The zero-order chi connectivity index (χ0) is 20.3. The Kier molecular flexibility index (Phi) is 5.11. The Morgan fingerprint density at radius 3 is 2.60 bits per heavy atom. The predicted molar refractivity (Wildman–Crippen MR) is 115 cm³/mol. The van der Waals surface area contributed by atoms with Crippen LogP contribution in [0.2, 0.25) is 0 Å². The molecule has 2 fully saturated rings. The standard InChI is InChI=1S/C22H24N8/c23-7-2-11-30-16-5-6-17(30)13-15(12-16)27-21-18-4-1-8-24-19(18)14-20(28-21)29-22-25-9-3-10-26-22/h1,3-4,8-10,14-17H,2,5-6,11-13H2,(H2,25,26,27,28,29). The van der Waals surface area contributed by atoms with Gasteiger partial charge in [0.15, 0.2) is 0 Å². The number of aromatic nitrogens is 4. The van der Waals surface area contributed by atoms with E-state index in [0.717, 1.165) is 36.1 Å². The lowest BCUT2D eigenvalue weighted by molar-refractivity contribution is 0.136. The van der Waals surface area contributed by atoms with Crippen molar-refractivity contribution < 1.29 is 0 Å². The molecular formula is C22H24N8. The molecule has 0 saturated carbocycles. The average Bonchev–Trinajstić information content (AvgIpc) is 3.01. The van der Waals surface area contributed by atoms with E-state index in [1.807, 2.05) is 12.1 Å². The molecule has 2 saturated heterocycles. The number of rotatable bonds is 6. The summed E-state index contributed by atoms with van der Waals surface area (Å²) in [6, 6.07) is 11.5. The molecular weight excluding hydrogens is 376 g/mol. The second-order valence-electron chi connectivity index (χ2n) is 7.97. The van der Waals surface area contributed by atoms with Crippen molar-refractivity contribution in [3.8, 4) is 6.07 Å². The van der Waals surface area contributed by atoms with Gasteiger partial charge in [0.05, 0.1) is 11.6 Å². The fourth-order valence-electron chi connectivity index (χ4n) is 4.86. The zero-order valence-corrected chi connectivity index (χ0v) is 16.7. The molecule has 2 aliphatic heterocycles. The van der Waals surface area contributed by atoms with E-state index in [0.29, 0.717) is 36.3 Å². The monoisotopic (exact) mass is 400 g/mol. The highest BCUT2D eigenvalue weighted by Crippen LogP contribution is 2.37. The van der Waals surface area contributed by atoms with Crippen LogP contribution >= 0.6 is 0 Å². The van der Waals surface area contributed by atoms with Crippen LogP contribution in [0.3, 0.4) is 0 Å². The van der Waals surface area contributed by atoms with Crippen LogP contribution in [0, 0.1) is 11.3 Å². The number of pyridine rings is 2. The van der Waals surface area contributed by atoms with Gasteiger partial charge in [-0.2, -0.15) is 5.26 Å². The van der Waals surface area contributed by atoms with Crippen LogP contribution in [0.1, 0.15) is 32.1 Å². The van der Waals surface area contributed by atoms with Crippen molar-refractivity contribution in [1.82, 2.24) is 24.8 Å². The molecule has 0 amide bonds. The number of nitriles is 1. The summed E-state index contributed by atoms with van der Waals surface area (Å²) in [5.41, 5.74) is 0.878. The number of nitrogens with zero attached hydrogens (tertiary/aromatic N) is 6. The van der Waals surface area contributed by atoms with Gasteiger partial charge in [0.2, 0.25) is 5.95 Å². The molecule has 0 aromatic carbocycles. The van der Waals surface area contributed by atoms with E-state index < -0.39 is 0 Å². The molecule has 3 aromatic rings. The Morgan fingerprint density at radius 2 is 1.83 bits per heavy atom. The summed E-state index contributed by atoms with van der Waals surface area (Å²) < 4.78 is 0. The Balaban J connectivity index is 1.38. The summed E-state index contributed by atoms with van der Waals surface area (Å²) in [6.45, 7) is 0.889. The minimum atomic E-state index is 0.361. The summed E-state index contributed by atoms with van der Waals surface area (Å²) in [5.74, 6) is 2.02. The van der Waals surface area contributed by atoms with Crippen LogP contribution < -0.4 is 10.6 Å². The van der Waals surface area contributed by atoms with E-state index in [2.05, 4.69) is 42.6 Å². The maximum atomic E-state index is 8.95. The van der Waals surface area contributed by atoms with Crippen molar-refractivity contribution in [2.45, 2.75) is 50.2 Å². The molecule has 2 N–H and O–H groups in total. The molecule has 2 aliphatic rings. The maximum Gasteiger partial charge on any atom is 0.228 e. The molecule has 2 unspecified atom stereocenters. The Hall–Kier alpha value is -3.31. The van der Waals surface area contributed by atoms with E-state index >= 15 is 0 Å². The normalized spacial score (nSPS) is 23.2. The van der Waals surface area contributed by atoms with E-state index in [-0.39, 0.29) is 0 Å². The highest BCUT2D eigenvalue weighted by atomic mass is 15.2. The molecule has 2 atom stereocenters. The third-order valence-electron chi connectivity index (χ3n) is 6.11. The van der Waals surface area contributed by atoms with Gasteiger partial charge in [-0.25, -0.2) is 15.0 Å². The lowest BCUT2D eigenvalue weighted by Crippen LogP contribution is -2.47. The number of hydrogen-bond donors (Lipinski definition) is 2. The van der Waals surface area contributed by atoms with Gasteiger partial charge in [0.25, 0.3) is 0 Å². The number of hydrogen-bond acceptors (Lipinski definition) is 8. The first-order valence-electron chi connectivity index (χ1n) is 10.5. The molecule has 5 heterocycles. The molecule has 8 heteroatoms. The topological polar surface area (TPSA) is 103 Å². The van der Waals surface area contributed by atoms with Gasteiger partial charge in [-0.3, -0.25) is 9.88 Å². The average molecular weight is 400 g/mol. The lowest BCUT2D eigenvalue weighted by atomic mass is 9.97. The highest BCUT2D eigenvalue weighted by molar-refractivity contribution is 5.91. The van der Waals surface area contributed by atoms with Crippen LogP contribution in [0.4, 0.5) is 17.6 Å². The first-order valence-corrected chi connectivity index (χ1v) is 10.5. The third kappa shape index (κ3) is 3.76. The van der Waals surface area contributed by atoms with Gasteiger partial charge in [0, 0.05) is 61.1 Å². The Labute approximate surface area is 175 Å². The summed E-state index contributed by atoms with van der Waals surface area (Å²) in [6.07, 6.45) is 10.4. The van der Waals surface area contributed by atoms with E-state index in [1.54, 1.807) is 24.7 Å². The molecule has 5 rings (SSSR count). The number of fused-ring (bicyclic) bond motifs is 3. The molecule has 8 nitrogen and oxygen atoms in total. The van der Waals surface area contributed by atoms with E-state index in [1.165, 1.54) is 12.8 Å².